The van der Waals surface area contributed by atoms with Gasteiger partial charge in [0.25, 0.3) is 5.69 Å². The molecule has 4 aromatic rings. The molecule has 0 spiro atoms. The number of nitrogens with two attached hydrogens (primary N) is 1. The van der Waals surface area contributed by atoms with Crippen LogP contribution < -0.4 is 24.7 Å². The molecule has 42 heavy (non-hydrogen) atoms. The Morgan fingerprint density at radius 3 is 1.69 bits per heavy atom. The van der Waals surface area contributed by atoms with E-state index < -0.39 is 4.92 Å². The molecule has 2 N–H and O–H groups in total. The average Bonchev–Trinajstić information content (AvgIpc) is 3.00. The predicted molar refractivity (Wildman–Crippen MR) is 170 cm³/mol. The quantitative estimate of drug-likeness (QED) is 0.0725. The molecule has 0 aliphatic heterocycles. The summed E-state index contributed by atoms with van der Waals surface area (Å²) in [6, 6.07) is 25.4. The van der Waals surface area contributed by atoms with Gasteiger partial charge in [-0.2, -0.15) is 0 Å². The summed E-state index contributed by atoms with van der Waals surface area (Å²) in [4.78, 5) is 21.5. The number of nitrogens with zero attached hydrogens (tertiary/aromatic N) is 1. The van der Waals surface area contributed by atoms with E-state index in [1.807, 2.05) is 66.7 Å². The third-order valence-electron chi connectivity index (χ3n) is 5.79. The first kappa shape index (κ1) is 32.2. The highest BCUT2D eigenvalue weighted by Crippen LogP contribution is 2.39. The lowest BCUT2D eigenvalue weighted by atomic mass is 10.1. The second-order valence-corrected chi connectivity index (χ2v) is 11.3. The molecule has 0 heterocycles. The number of carbonyl (C=O) groups is 1. The summed E-state index contributed by atoms with van der Waals surface area (Å²) in [6.45, 7) is 0.626. The number of nitro groups is 1. The Bertz CT molecular complexity index is 1530. The molecule has 0 bridgehead atoms. The summed E-state index contributed by atoms with van der Waals surface area (Å²) < 4.78 is 22.8. The lowest BCUT2D eigenvalue weighted by Gasteiger charge is -2.15. The van der Waals surface area contributed by atoms with Gasteiger partial charge in [0.05, 0.1) is 22.5 Å². The van der Waals surface area contributed by atoms with Crippen LogP contribution >= 0.6 is 31.9 Å². The number of hydrogen-bond acceptors (Lipinski definition) is 8. The third-order valence-corrected chi connectivity index (χ3v) is 6.25. The first-order valence-electron chi connectivity index (χ1n) is 12.4. The Morgan fingerprint density at radius 2 is 1.26 bits per heavy atom. The van der Waals surface area contributed by atoms with Crippen molar-refractivity contribution < 1.29 is 28.7 Å². The molecule has 0 aliphatic rings. The van der Waals surface area contributed by atoms with Crippen LogP contribution in [0.3, 0.4) is 0 Å². The predicted octanol–water partition coefficient (Wildman–Crippen LogP) is 7.94. The van der Waals surface area contributed by atoms with E-state index in [0.29, 0.717) is 30.1 Å². The largest absolute Gasteiger partial charge is 0.493 e. The van der Waals surface area contributed by atoms with E-state index >= 15 is 0 Å². The Labute approximate surface area is 260 Å². The van der Waals surface area contributed by atoms with Crippen LogP contribution in [0.4, 0.5) is 11.4 Å². The van der Waals surface area contributed by atoms with Crippen LogP contribution in [0, 0.1) is 10.1 Å². The number of ether oxygens (including phenoxy) is 4. The fourth-order valence-corrected chi connectivity index (χ4v) is 4.23. The molecular weight excluding hydrogens is 672 g/mol. The number of hydrogen-bond donors (Lipinski definition) is 1. The molecule has 0 radical (unpaired) electrons. The highest BCUT2D eigenvalue weighted by Gasteiger charge is 2.22. The maximum atomic E-state index is 11.2. The number of nitrogen functional groups attached to an aromatic ring is 1. The van der Waals surface area contributed by atoms with Crippen molar-refractivity contribution in [3.05, 3.63) is 121 Å². The summed E-state index contributed by atoms with van der Waals surface area (Å²) in [7, 11) is 3.02. The van der Waals surface area contributed by atoms with Gasteiger partial charge in [0.2, 0.25) is 0 Å². The fraction of sp³-hybridized carbons (Fsp3) is 0.129. The van der Waals surface area contributed by atoms with Crippen molar-refractivity contribution in [2.45, 2.75) is 13.2 Å². The van der Waals surface area contributed by atoms with Gasteiger partial charge in [0.15, 0.2) is 29.3 Å². The summed E-state index contributed by atoms with van der Waals surface area (Å²) in [6.07, 6.45) is 2.25. The molecule has 0 saturated heterocycles. The SMILES string of the molecule is COc1ccc(N)c(C=C(Br)Br)c1OCc1ccccc1.COc1ccc([N+](=O)[O-])c(C=O)c1OCc1ccccc1. The van der Waals surface area contributed by atoms with Gasteiger partial charge in [-0.05, 0) is 67.3 Å². The van der Waals surface area contributed by atoms with Crippen LogP contribution in [0.15, 0.2) is 88.3 Å². The second-order valence-electron chi connectivity index (χ2n) is 8.49. The lowest BCUT2D eigenvalue weighted by Crippen LogP contribution is -2.03. The maximum absolute atomic E-state index is 11.2. The lowest BCUT2D eigenvalue weighted by molar-refractivity contribution is -0.385. The van der Waals surface area contributed by atoms with Crippen molar-refractivity contribution in [1.82, 2.24) is 0 Å². The fourth-order valence-electron chi connectivity index (χ4n) is 3.77. The molecule has 0 saturated carbocycles. The van der Waals surface area contributed by atoms with Crippen LogP contribution in [0.1, 0.15) is 27.0 Å². The molecule has 4 aromatic carbocycles. The molecule has 11 heteroatoms. The van der Waals surface area contributed by atoms with E-state index in [1.165, 1.54) is 19.2 Å². The zero-order valence-electron chi connectivity index (χ0n) is 22.8. The van der Waals surface area contributed by atoms with Crippen LogP contribution in [0.5, 0.6) is 23.0 Å². The monoisotopic (exact) mass is 698 g/mol. The van der Waals surface area contributed by atoms with Gasteiger partial charge >= 0.3 is 0 Å². The summed E-state index contributed by atoms with van der Waals surface area (Å²) in [5.74, 6) is 1.62. The molecule has 0 aromatic heterocycles. The normalized spacial score (nSPS) is 10.0. The number of rotatable bonds is 11. The van der Waals surface area contributed by atoms with E-state index in [4.69, 9.17) is 24.7 Å². The van der Waals surface area contributed by atoms with E-state index in [2.05, 4.69) is 31.9 Å². The number of anilines is 1. The Morgan fingerprint density at radius 1 is 0.786 bits per heavy atom. The number of carbonyl (C=O) groups excluding carboxylic acids is 1. The molecule has 0 aliphatic carbocycles. The van der Waals surface area contributed by atoms with Gasteiger partial charge in [-0.15, -0.1) is 0 Å². The molecule has 0 amide bonds. The van der Waals surface area contributed by atoms with Crippen molar-refractivity contribution in [2.24, 2.45) is 0 Å². The van der Waals surface area contributed by atoms with Gasteiger partial charge in [-0.3, -0.25) is 14.9 Å². The van der Waals surface area contributed by atoms with E-state index in [1.54, 1.807) is 19.2 Å². The molecular formula is C31H28Br2N2O7. The first-order chi connectivity index (χ1) is 20.3. The molecule has 0 unspecified atom stereocenters. The Balaban J connectivity index is 0.000000230. The van der Waals surface area contributed by atoms with E-state index in [9.17, 15) is 14.9 Å². The standard InChI is InChI=1S/C16H15Br2NO2.C15H13NO5/c1-20-14-8-7-13(19)12(9-15(17)18)16(14)21-10-11-5-3-2-4-6-11;1-20-14-8-7-13(16(18)19)12(9-17)15(14)21-10-11-5-3-2-4-6-11/h2-9H,10,19H2,1H3;2-9H,10H2,1H3. The number of benzene rings is 4. The Kier molecular flexibility index (Phi) is 12.4. The van der Waals surface area contributed by atoms with E-state index in [-0.39, 0.29) is 29.4 Å². The van der Waals surface area contributed by atoms with E-state index in [0.717, 1.165) is 20.1 Å². The number of nitro benzene ring substituents is 1. The summed E-state index contributed by atoms with van der Waals surface area (Å²) >= 11 is 6.70. The number of methoxy groups -OCH3 is 2. The van der Waals surface area contributed by atoms with Gasteiger partial charge in [0, 0.05) is 17.3 Å². The van der Waals surface area contributed by atoms with Crippen LogP contribution in [-0.2, 0) is 13.2 Å². The molecule has 0 atom stereocenters. The van der Waals surface area contributed by atoms with Gasteiger partial charge in [-0.25, -0.2) is 0 Å². The minimum Gasteiger partial charge on any atom is -0.493 e. The zero-order chi connectivity index (χ0) is 30.5. The molecule has 4 rings (SSSR count). The first-order valence-corrected chi connectivity index (χ1v) is 14.0. The van der Waals surface area contributed by atoms with Crippen molar-refractivity contribution in [3.8, 4) is 23.0 Å². The summed E-state index contributed by atoms with van der Waals surface area (Å²) in [5, 5.41) is 11.0. The smallest absolute Gasteiger partial charge is 0.283 e. The van der Waals surface area contributed by atoms with Crippen molar-refractivity contribution >= 4 is 55.6 Å². The van der Waals surface area contributed by atoms with Crippen LogP contribution in [-0.4, -0.2) is 25.4 Å². The van der Waals surface area contributed by atoms with Crippen molar-refractivity contribution in [3.63, 3.8) is 0 Å². The van der Waals surface area contributed by atoms with Gasteiger partial charge in [0.1, 0.15) is 18.8 Å². The zero-order valence-corrected chi connectivity index (χ0v) is 26.0. The van der Waals surface area contributed by atoms with Crippen molar-refractivity contribution in [1.29, 1.82) is 0 Å². The molecule has 9 nitrogen and oxygen atoms in total. The number of aldehydes is 1. The van der Waals surface area contributed by atoms with Crippen LogP contribution in [0.25, 0.3) is 6.08 Å². The minimum absolute atomic E-state index is 0.0746. The average molecular weight is 700 g/mol. The molecule has 218 valence electrons. The highest BCUT2D eigenvalue weighted by molar-refractivity contribution is 9.28. The Hall–Kier alpha value is -4.35. The maximum Gasteiger partial charge on any atom is 0.283 e. The topological polar surface area (TPSA) is 123 Å². The minimum atomic E-state index is -0.626. The van der Waals surface area contributed by atoms with Crippen molar-refractivity contribution in [2.75, 3.05) is 20.0 Å². The highest BCUT2D eigenvalue weighted by atomic mass is 79.9. The molecule has 0 fully saturated rings. The second kappa shape index (κ2) is 16.2. The third kappa shape index (κ3) is 8.82. The summed E-state index contributed by atoms with van der Waals surface area (Å²) in [5.41, 5.74) is 8.95. The van der Waals surface area contributed by atoms with Gasteiger partial charge < -0.3 is 24.7 Å². The van der Waals surface area contributed by atoms with Gasteiger partial charge in [-0.1, -0.05) is 60.7 Å². The van der Waals surface area contributed by atoms with Crippen LogP contribution in [0.2, 0.25) is 0 Å². The number of halogens is 2.